The van der Waals surface area contributed by atoms with Gasteiger partial charge in [0, 0.05) is 29.6 Å². The third-order valence-electron chi connectivity index (χ3n) is 5.21. The summed E-state index contributed by atoms with van der Waals surface area (Å²) in [5.74, 6) is 1.22. The highest BCUT2D eigenvalue weighted by Crippen LogP contribution is 2.37. The molecule has 0 spiro atoms. The Morgan fingerprint density at radius 1 is 1.33 bits per heavy atom. The Hall–Kier alpha value is -3.33. The molecule has 1 aliphatic rings. The van der Waals surface area contributed by atoms with Crippen molar-refractivity contribution in [3.05, 3.63) is 58.0 Å². The van der Waals surface area contributed by atoms with Gasteiger partial charge in [0.25, 0.3) is 5.91 Å². The van der Waals surface area contributed by atoms with Gasteiger partial charge in [-0.3, -0.25) is 9.36 Å². The predicted octanol–water partition coefficient (Wildman–Crippen LogP) is 3.03. The molecule has 0 saturated heterocycles. The fraction of sp³-hybridized carbons (Fsp3) is 0.286. The molecule has 9 heteroatoms. The van der Waals surface area contributed by atoms with E-state index in [4.69, 9.17) is 4.74 Å². The monoisotopic (exact) mass is 423 g/mol. The molecular weight excluding hydrogens is 402 g/mol. The lowest BCUT2D eigenvalue weighted by atomic mass is 10.2. The van der Waals surface area contributed by atoms with Crippen LogP contribution in [-0.2, 0) is 6.54 Å². The molecule has 1 fully saturated rings. The Balaban J connectivity index is 1.29. The second-order valence-corrected chi connectivity index (χ2v) is 8.25. The van der Waals surface area contributed by atoms with Gasteiger partial charge in [0.05, 0.1) is 18.5 Å². The van der Waals surface area contributed by atoms with E-state index in [2.05, 4.69) is 15.4 Å². The first-order valence-electron chi connectivity index (χ1n) is 9.82. The van der Waals surface area contributed by atoms with Crippen molar-refractivity contribution < 1.29 is 9.53 Å². The normalized spacial score (nSPS) is 13.6. The minimum absolute atomic E-state index is 0.118. The largest absolute Gasteiger partial charge is 0.497 e. The van der Waals surface area contributed by atoms with Crippen molar-refractivity contribution in [2.75, 3.05) is 13.7 Å². The molecule has 30 heavy (non-hydrogen) atoms. The number of H-pyrrole nitrogens is 1. The molecule has 1 aromatic carbocycles. The number of thiophene rings is 1. The third kappa shape index (κ3) is 3.41. The lowest BCUT2D eigenvalue weighted by Gasteiger charge is -2.03. The highest BCUT2D eigenvalue weighted by Gasteiger charge is 2.30. The number of amides is 1. The Morgan fingerprint density at radius 2 is 2.20 bits per heavy atom. The van der Waals surface area contributed by atoms with Crippen LogP contribution in [0.3, 0.4) is 0 Å². The van der Waals surface area contributed by atoms with Gasteiger partial charge in [-0.2, -0.15) is 0 Å². The highest BCUT2D eigenvalue weighted by molar-refractivity contribution is 7.13. The number of aromatic amines is 1. The predicted molar refractivity (Wildman–Crippen MR) is 115 cm³/mol. The van der Waals surface area contributed by atoms with Crippen LogP contribution in [0.15, 0.2) is 46.6 Å². The van der Waals surface area contributed by atoms with E-state index in [0.29, 0.717) is 24.6 Å². The first-order valence-corrected chi connectivity index (χ1v) is 10.7. The number of hydrogen-bond donors (Lipinski definition) is 2. The van der Waals surface area contributed by atoms with E-state index in [1.165, 1.54) is 4.68 Å². The smallest absolute Gasteiger partial charge is 0.346 e. The van der Waals surface area contributed by atoms with Gasteiger partial charge in [-0.1, -0.05) is 6.07 Å². The van der Waals surface area contributed by atoms with Gasteiger partial charge in [-0.05, 0) is 42.5 Å². The number of hydrogen-bond acceptors (Lipinski definition) is 5. The summed E-state index contributed by atoms with van der Waals surface area (Å²) in [7, 11) is 1.61. The summed E-state index contributed by atoms with van der Waals surface area (Å²) in [5, 5.41) is 10.3. The number of rotatable bonds is 7. The third-order valence-corrected chi connectivity index (χ3v) is 6.07. The Bertz CT molecular complexity index is 1260. The summed E-state index contributed by atoms with van der Waals surface area (Å²) in [4.78, 5) is 29.5. The van der Waals surface area contributed by atoms with Crippen LogP contribution in [-0.4, -0.2) is 38.9 Å². The molecule has 0 aliphatic heterocycles. The minimum Gasteiger partial charge on any atom is -0.497 e. The fourth-order valence-electron chi connectivity index (χ4n) is 3.53. The SMILES string of the molecule is COc1ccc2cc(C(=O)NCCn3nc(-c4cccs4)n(C4CC4)c3=O)[nH]c2c1. The topological polar surface area (TPSA) is 93.9 Å². The zero-order valence-electron chi connectivity index (χ0n) is 16.4. The van der Waals surface area contributed by atoms with E-state index in [9.17, 15) is 9.59 Å². The van der Waals surface area contributed by atoms with Gasteiger partial charge in [0.15, 0.2) is 5.82 Å². The van der Waals surface area contributed by atoms with Crippen molar-refractivity contribution in [1.29, 1.82) is 0 Å². The second-order valence-electron chi connectivity index (χ2n) is 7.30. The zero-order chi connectivity index (χ0) is 20.7. The molecule has 8 nitrogen and oxygen atoms in total. The number of nitrogens with one attached hydrogen (secondary N) is 2. The summed E-state index contributed by atoms with van der Waals surface area (Å²) in [6.45, 7) is 0.625. The molecule has 3 heterocycles. The standard InChI is InChI=1S/C21H21N5O3S/c1-29-15-7-4-13-11-17(23-16(13)12-15)20(27)22-8-9-25-21(28)26(14-5-6-14)19(24-25)18-3-2-10-30-18/h2-4,7,10-12,14,23H,5-6,8-9H2,1H3,(H,22,27). The van der Waals surface area contributed by atoms with Crippen LogP contribution < -0.4 is 15.7 Å². The van der Waals surface area contributed by atoms with Crippen LogP contribution in [0.4, 0.5) is 0 Å². The molecule has 3 aromatic heterocycles. The highest BCUT2D eigenvalue weighted by atomic mass is 32.1. The number of carbonyl (C=O) groups excluding carboxylic acids is 1. The Kier molecular flexibility index (Phi) is 4.66. The average molecular weight is 423 g/mol. The van der Waals surface area contributed by atoms with E-state index >= 15 is 0 Å². The summed E-state index contributed by atoms with van der Waals surface area (Å²) < 4.78 is 8.45. The van der Waals surface area contributed by atoms with Crippen LogP contribution in [0.2, 0.25) is 0 Å². The number of fused-ring (bicyclic) bond motifs is 1. The summed E-state index contributed by atoms with van der Waals surface area (Å²) >= 11 is 1.57. The van der Waals surface area contributed by atoms with E-state index in [1.807, 2.05) is 35.7 Å². The van der Waals surface area contributed by atoms with Crippen molar-refractivity contribution >= 4 is 28.1 Å². The van der Waals surface area contributed by atoms with Crippen LogP contribution in [0.25, 0.3) is 21.6 Å². The molecule has 2 N–H and O–H groups in total. The van der Waals surface area contributed by atoms with Gasteiger partial charge in [-0.15, -0.1) is 16.4 Å². The number of benzene rings is 1. The second kappa shape index (κ2) is 7.49. The van der Waals surface area contributed by atoms with E-state index in [1.54, 1.807) is 29.1 Å². The number of ether oxygens (including phenoxy) is 1. The molecule has 1 aliphatic carbocycles. The number of carbonyl (C=O) groups is 1. The molecule has 154 valence electrons. The van der Waals surface area contributed by atoms with Gasteiger partial charge in [0.1, 0.15) is 11.4 Å². The van der Waals surface area contributed by atoms with Crippen molar-refractivity contribution in [2.24, 2.45) is 0 Å². The first kappa shape index (κ1) is 18.7. The summed E-state index contributed by atoms with van der Waals surface area (Å²) in [6, 6.07) is 11.6. The van der Waals surface area contributed by atoms with Crippen molar-refractivity contribution in [3.8, 4) is 16.5 Å². The van der Waals surface area contributed by atoms with Crippen molar-refractivity contribution in [2.45, 2.75) is 25.4 Å². The molecule has 0 atom stereocenters. The number of aromatic nitrogens is 4. The van der Waals surface area contributed by atoms with Crippen molar-refractivity contribution in [1.82, 2.24) is 24.6 Å². The average Bonchev–Trinajstić information content (AvgIpc) is 3.17. The summed E-state index contributed by atoms with van der Waals surface area (Å²) in [6.07, 6.45) is 2.01. The molecule has 0 radical (unpaired) electrons. The van der Waals surface area contributed by atoms with Gasteiger partial charge in [-0.25, -0.2) is 9.48 Å². The Morgan fingerprint density at radius 3 is 2.93 bits per heavy atom. The molecule has 4 aromatic rings. The van der Waals surface area contributed by atoms with Crippen LogP contribution >= 0.6 is 11.3 Å². The van der Waals surface area contributed by atoms with E-state index in [-0.39, 0.29) is 17.6 Å². The number of nitrogens with zero attached hydrogens (tertiary/aromatic N) is 3. The van der Waals surface area contributed by atoms with Crippen LogP contribution in [0.5, 0.6) is 5.75 Å². The molecule has 5 rings (SSSR count). The van der Waals surface area contributed by atoms with Gasteiger partial charge >= 0.3 is 5.69 Å². The van der Waals surface area contributed by atoms with E-state index < -0.39 is 0 Å². The lowest BCUT2D eigenvalue weighted by Crippen LogP contribution is -2.32. The maximum atomic E-state index is 12.8. The Labute approximate surface area is 176 Å². The quantitative estimate of drug-likeness (QED) is 0.478. The maximum absolute atomic E-state index is 12.8. The molecule has 1 amide bonds. The fourth-order valence-corrected chi connectivity index (χ4v) is 4.23. The van der Waals surface area contributed by atoms with Gasteiger partial charge in [0.2, 0.25) is 0 Å². The van der Waals surface area contributed by atoms with Crippen molar-refractivity contribution in [3.63, 3.8) is 0 Å². The first-order chi connectivity index (χ1) is 14.6. The van der Waals surface area contributed by atoms with Crippen LogP contribution in [0.1, 0.15) is 29.4 Å². The molecule has 0 bridgehead atoms. The van der Waals surface area contributed by atoms with E-state index in [0.717, 1.165) is 34.4 Å². The number of methoxy groups -OCH3 is 1. The minimum atomic E-state index is -0.224. The zero-order valence-corrected chi connectivity index (χ0v) is 17.2. The molecule has 0 unspecified atom stereocenters. The lowest BCUT2D eigenvalue weighted by molar-refractivity contribution is 0.0947. The maximum Gasteiger partial charge on any atom is 0.346 e. The van der Waals surface area contributed by atoms with Gasteiger partial charge < -0.3 is 15.0 Å². The summed E-state index contributed by atoms with van der Waals surface area (Å²) in [5.41, 5.74) is 1.18. The molecule has 1 saturated carbocycles. The van der Waals surface area contributed by atoms with Crippen LogP contribution in [0, 0.1) is 0 Å². The molecular formula is C21H21N5O3S.